The topological polar surface area (TPSA) is 62.1 Å². The molecule has 1 amide bonds. The summed E-state index contributed by atoms with van der Waals surface area (Å²) in [6.45, 7) is 0.453. The van der Waals surface area contributed by atoms with Gasteiger partial charge in [-0.15, -0.1) is 0 Å². The van der Waals surface area contributed by atoms with Crippen molar-refractivity contribution in [3.05, 3.63) is 68.1 Å². The normalized spacial score (nSPS) is 13.8. The Kier molecular flexibility index (Phi) is 6.12. The third-order valence-electron chi connectivity index (χ3n) is 3.85. The summed E-state index contributed by atoms with van der Waals surface area (Å²) in [5.74, 6) is 0.382. The van der Waals surface area contributed by atoms with Crippen molar-refractivity contribution in [1.29, 1.82) is 5.26 Å². The highest BCUT2D eigenvalue weighted by molar-refractivity contribution is 9.10. The molecule has 6 heteroatoms. The molecule has 1 fully saturated rings. The fourth-order valence-electron chi connectivity index (χ4n) is 2.27. The summed E-state index contributed by atoms with van der Waals surface area (Å²) in [6, 6.07) is 15.6. The van der Waals surface area contributed by atoms with Gasteiger partial charge in [0.2, 0.25) is 0 Å². The predicted octanol–water partition coefficient (Wildman–Crippen LogP) is 4.98. The van der Waals surface area contributed by atoms with E-state index in [-0.39, 0.29) is 17.5 Å². The van der Waals surface area contributed by atoms with E-state index in [2.05, 4.69) is 37.2 Å². The van der Waals surface area contributed by atoms with Gasteiger partial charge in [-0.3, -0.25) is 4.79 Å². The Balaban J connectivity index is 1.68. The molecular weight excluding hydrogens is 460 g/mol. The van der Waals surface area contributed by atoms with E-state index in [1.54, 1.807) is 6.08 Å². The zero-order chi connectivity index (χ0) is 18.5. The van der Waals surface area contributed by atoms with Crippen LogP contribution in [0.15, 0.2) is 57.0 Å². The fraction of sp³-hybridized carbons (Fsp3) is 0.200. The van der Waals surface area contributed by atoms with Crippen molar-refractivity contribution in [3.8, 4) is 11.8 Å². The van der Waals surface area contributed by atoms with Crippen LogP contribution in [0, 0.1) is 11.3 Å². The van der Waals surface area contributed by atoms with Gasteiger partial charge in [-0.25, -0.2) is 0 Å². The highest BCUT2D eigenvalue weighted by Gasteiger charge is 2.24. The Morgan fingerprint density at radius 3 is 2.58 bits per heavy atom. The average molecular weight is 476 g/mol. The van der Waals surface area contributed by atoms with E-state index < -0.39 is 0 Å². The third-order valence-corrected chi connectivity index (χ3v) is 5.00. The lowest BCUT2D eigenvalue weighted by Gasteiger charge is -2.09. The van der Waals surface area contributed by atoms with Crippen LogP contribution in [0.1, 0.15) is 24.0 Å². The number of carbonyl (C=O) groups is 1. The molecule has 2 aromatic carbocycles. The lowest BCUT2D eigenvalue weighted by molar-refractivity contribution is -0.117. The Labute approximate surface area is 169 Å². The number of ether oxygens (including phenoxy) is 1. The first kappa shape index (κ1) is 18.7. The maximum atomic E-state index is 12.0. The van der Waals surface area contributed by atoms with Crippen molar-refractivity contribution in [2.45, 2.75) is 25.5 Å². The zero-order valence-corrected chi connectivity index (χ0v) is 17.0. The van der Waals surface area contributed by atoms with Gasteiger partial charge in [0, 0.05) is 10.5 Å². The zero-order valence-electron chi connectivity index (χ0n) is 13.8. The molecule has 132 valence electrons. The molecule has 0 spiro atoms. The van der Waals surface area contributed by atoms with Crippen molar-refractivity contribution in [2.24, 2.45) is 0 Å². The first-order valence-electron chi connectivity index (χ1n) is 8.14. The van der Waals surface area contributed by atoms with Gasteiger partial charge in [0.05, 0.1) is 4.47 Å². The lowest BCUT2D eigenvalue weighted by atomic mass is 10.1. The Hall–Kier alpha value is -2.10. The van der Waals surface area contributed by atoms with E-state index in [0.29, 0.717) is 12.4 Å². The number of halogens is 2. The molecule has 0 bridgehead atoms. The molecule has 3 rings (SSSR count). The van der Waals surface area contributed by atoms with E-state index in [0.717, 1.165) is 32.9 Å². The SMILES string of the molecule is N#C/C(=C\c1ccc(OCc2ccc(Br)cc2)c(Br)c1)C(=O)NC1CC1. The van der Waals surface area contributed by atoms with Crippen LogP contribution in [0.4, 0.5) is 0 Å². The van der Waals surface area contributed by atoms with Crippen LogP contribution in [-0.2, 0) is 11.4 Å². The molecule has 0 aliphatic heterocycles. The van der Waals surface area contributed by atoms with Crippen LogP contribution in [0.2, 0.25) is 0 Å². The Bertz CT molecular complexity index is 882. The second kappa shape index (κ2) is 8.52. The van der Waals surface area contributed by atoms with Gasteiger partial charge >= 0.3 is 0 Å². The minimum absolute atomic E-state index is 0.104. The highest BCUT2D eigenvalue weighted by Crippen LogP contribution is 2.28. The van der Waals surface area contributed by atoms with Crippen molar-refractivity contribution in [2.75, 3.05) is 0 Å². The van der Waals surface area contributed by atoms with Gasteiger partial charge in [0.1, 0.15) is 24.0 Å². The third kappa shape index (κ3) is 5.20. The Morgan fingerprint density at radius 2 is 1.96 bits per heavy atom. The number of carbonyl (C=O) groups excluding carboxylic acids is 1. The molecule has 0 atom stereocenters. The van der Waals surface area contributed by atoms with Crippen LogP contribution in [0.3, 0.4) is 0 Å². The van der Waals surface area contributed by atoms with E-state index >= 15 is 0 Å². The van der Waals surface area contributed by atoms with E-state index in [9.17, 15) is 10.1 Å². The van der Waals surface area contributed by atoms with Crippen molar-refractivity contribution < 1.29 is 9.53 Å². The van der Waals surface area contributed by atoms with Crippen LogP contribution in [0.25, 0.3) is 6.08 Å². The second-order valence-electron chi connectivity index (χ2n) is 6.02. The standard InChI is InChI=1S/C20H16Br2N2O2/c21-16-4-1-13(2-5-16)12-26-19-8-3-14(10-18(19)22)9-15(11-23)20(25)24-17-6-7-17/h1-5,8-10,17H,6-7,12H2,(H,24,25)/b15-9+. The van der Waals surface area contributed by atoms with Crippen LogP contribution < -0.4 is 10.1 Å². The number of nitriles is 1. The van der Waals surface area contributed by atoms with Crippen LogP contribution in [0.5, 0.6) is 5.75 Å². The quantitative estimate of drug-likeness (QED) is 0.473. The molecule has 2 aromatic rings. The summed E-state index contributed by atoms with van der Waals surface area (Å²) >= 11 is 6.89. The minimum atomic E-state index is -0.318. The molecule has 0 unspecified atom stereocenters. The number of amides is 1. The molecule has 0 saturated heterocycles. The Morgan fingerprint density at radius 1 is 1.23 bits per heavy atom. The van der Waals surface area contributed by atoms with E-state index in [1.807, 2.05) is 48.5 Å². The molecule has 1 saturated carbocycles. The average Bonchev–Trinajstić information content (AvgIpc) is 3.44. The van der Waals surface area contributed by atoms with Gasteiger partial charge in [0.25, 0.3) is 5.91 Å². The first-order valence-corrected chi connectivity index (χ1v) is 9.73. The molecule has 1 aliphatic carbocycles. The smallest absolute Gasteiger partial charge is 0.262 e. The number of benzene rings is 2. The molecule has 26 heavy (non-hydrogen) atoms. The fourth-order valence-corrected chi connectivity index (χ4v) is 3.05. The largest absolute Gasteiger partial charge is 0.488 e. The molecule has 0 heterocycles. The lowest BCUT2D eigenvalue weighted by Crippen LogP contribution is -2.26. The van der Waals surface area contributed by atoms with Crippen molar-refractivity contribution >= 4 is 43.8 Å². The molecule has 0 radical (unpaired) electrons. The summed E-state index contributed by atoms with van der Waals surface area (Å²) in [5, 5.41) is 12.0. The van der Waals surface area contributed by atoms with Crippen molar-refractivity contribution in [3.63, 3.8) is 0 Å². The second-order valence-corrected chi connectivity index (χ2v) is 7.79. The first-order chi connectivity index (χ1) is 12.5. The summed E-state index contributed by atoms with van der Waals surface area (Å²) in [4.78, 5) is 12.0. The summed E-state index contributed by atoms with van der Waals surface area (Å²) in [6.07, 6.45) is 3.56. The summed E-state index contributed by atoms with van der Waals surface area (Å²) in [7, 11) is 0. The van der Waals surface area contributed by atoms with Gasteiger partial charge < -0.3 is 10.1 Å². The number of nitrogens with one attached hydrogen (secondary N) is 1. The molecule has 1 N–H and O–H groups in total. The number of hydrogen-bond acceptors (Lipinski definition) is 3. The van der Waals surface area contributed by atoms with Gasteiger partial charge in [-0.05, 0) is 70.2 Å². The maximum absolute atomic E-state index is 12.0. The van der Waals surface area contributed by atoms with E-state index in [1.165, 1.54) is 0 Å². The molecule has 4 nitrogen and oxygen atoms in total. The number of rotatable bonds is 6. The molecule has 0 aromatic heterocycles. The van der Waals surface area contributed by atoms with Crippen LogP contribution in [-0.4, -0.2) is 11.9 Å². The van der Waals surface area contributed by atoms with Crippen LogP contribution >= 0.6 is 31.9 Å². The molecular formula is C20H16Br2N2O2. The summed E-state index contributed by atoms with van der Waals surface area (Å²) < 4.78 is 7.62. The number of hydrogen-bond donors (Lipinski definition) is 1. The van der Waals surface area contributed by atoms with E-state index in [4.69, 9.17) is 4.74 Å². The number of nitrogens with zero attached hydrogens (tertiary/aromatic N) is 1. The highest BCUT2D eigenvalue weighted by atomic mass is 79.9. The minimum Gasteiger partial charge on any atom is -0.488 e. The van der Waals surface area contributed by atoms with Gasteiger partial charge in [-0.1, -0.05) is 34.1 Å². The van der Waals surface area contributed by atoms with Crippen molar-refractivity contribution in [1.82, 2.24) is 5.32 Å². The van der Waals surface area contributed by atoms with Gasteiger partial charge in [0.15, 0.2) is 0 Å². The van der Waals surface area contributed by atoms with Gasteiger partial charge in [-0.2, -0.15) is 5.26 Å². The molecule has 1 aliphatic rings. The summed E-state index contributed by atoms with van der Waals surface area (Å²) in [5.41, 5.74) is 1.93. The maximum Gasteiger partial charge on any atom is 0.262 e. The monoisotopic (exact) mass is 474 g/mol. The predicted molar refractivity (Wildman–Crippen MR) is 107 cm³/mol.